The van der Waals surface area contributed by atoms with Crippen molar-refractivity contribution in [2.45, 2.75) is 31.8 Å². The SMILES string of the molecule is CNC(=O)C1CCCCN1Cc1sccc1C=CC(=O)O. The number of aliphatic carboxylic acids is 1. The van der Waals surface area contributed by atoms with E-state index in [-0.39, 0.29) is 11.9 Å². The molecule has 1 aromatic rings. The van der Waals surface area contributed by atoms with Gasteiger partial charge in [-0.25, -0.2) is 4.79 Å². The molecule has 5 nitrogen and oxygen atoms in total. The van der Waals surface area contributed by atoms with E-state index in [9.17, 15) is 9.59 Å². The zero-order valence-corrected chi connectivity index (χ0v) is 12.9. The van der Waals surface area contributed by atoms with Crippen LogP contribution in [0.4, 0.5) is 0 Å². The standard InChI is InChI=1S/C15H20N2O3S/c1-16-15(20)12-4-2-3-8-17(12)10-13-11(7-9-21-13)5-6-14(18)19/h5-7,9,12H,2-4,8,10H2,1H3,(H,16,20)(H,18,19). The van der Waals surface area contributed by atoms with Gasteiger partial charge in [-0.15, -0.1) is 11.3 Å². The van der Waals surface area contributed by atoms with Gasteiger partial charge in [-0.05, 0) is 42.5 Å². The van der Waals surface area contributed by atoms with Gasteiger partial charge < -0.3 is 10.4 Å². The number of carboxylic acid groups (broad SMARTS) is 1. The highest BCUT2D eigenvalue weighted by Crippen LogP contribution is 2.25. The molecule has 0 aliphatic carbocycles. The Balaban J connectivity index is 2.11. The van der Waals surface area contributed by atoms with Crippen LogP contribution in [0.2, 0.25) is 0 Å². The van der Waals surface area contributed by atoms with Crippen LogP contribution in [0.15, 0.2) is 17.5 Å². The van der Waals surface area contributed by atoms with E-state index in [1.165, 1.54) is 0 Å². The van der Waals surface area contributed by atoms with Gasteiger partial charge in [-0.2, -0.15) is 0 Å². The van der Waals surface area contributed by atoms with E-state index in [0.717, 1.165) is 42.3 Å². The predicted molar refractivity (Wildman–Crippen MR) is 83.1 cm³/mol. The fourth-order valence-corrected chi connectivity index (χ4v) is 3.51. The molecule has 2 N–H and O–H groups in total. The summed E-state index contributed by atoms with van der Waals surface area (Å²) in [7, 11) is 1.67. The van der Waals surface area contributed by atoms with Gasteiger partial charge in [0, 0.05) is 24.5 Å². The van der Waals surface area contributed by atoms with Crippen LogP contribution < -0.4 is 5.32 Å². The average molecular weight is 308 g/mol. The molecule has 1 saturated heterocycles. The van der Waals surface area contributed by atoms with Crippen molar-refractivity contribution in [3.05, 3.63) is 28.0 Å². The van der Waals surface area contributed by atoms with Gasteiger partial charge in [-0.1, -0.05) is 6.42 Å². The van der Waals surface area contributed by atoms with E-state index in [0.29, 0.717) is 6.54 Å². The maximum absolute atomic E-state index is 12.0. The fraction of sp³-hybridized carbons (Fsp3) is 0.467. The largest absolute Gasteiger partial charge is 0.478 e. The number of hydrogen-bond donors (Lipinski definition) is 2. The topological polar surface area (TPSA) is 69.6 Å². The van der Waals surface area contributed by atoms with Gasteiger partial charge in [0.2, 0.25) is 5.91 Å². The number of amides is 1. The average Bonchev–Trinajstić information content (AvgIpc) is 2.92. The maximum atomic E-state index is 12.0. The normalized spacial score (nSPS) is 19.8. The smallest absolute Gasteiger partial charge is 0.328 e. The summed E-state index contributed by atoms with van der Waals surface area (Å²) in [6.45, 7) is 1.59. The number of carbonyl (C=O) groups excluding carboxylic acids is 1. The monoisotopic (exact) mass is 308 g/mol. The number of rotatable bonds is 5. The maximum Gasteiger partial charge on any atom is 0.328 e. The number of thiophene rings is 1. The van der Waals surface area contributed by atoms with E-state index in [2.05, 4.69) is 10.2 Å². The van der Waals surface area contributed by atoms with Crippen LogP contribution in [0.1, 0.15) is 29.7 Å². The van der Waals surface area contributed by atoms with Crippen LogP contribution in [0.3, 0.4) is 0 Å². The van der Waals surface area contributed by atoms with Gasteiger partial charge in [-0.3, -0.25) is 9.69 Å². The molecule has 1 amide bonds. The van der Waals surface area contributed by atoms with Gasteiger partial charge in [0.25, 0.3) is 0 Å². The van der Waals surface area contributed by atoms with Crippen LogP contribution >= 0.6 is 11.3 Å². The van der Waals surface area contributed by atoms with Gasteiger partial charge >= 0.3 is 5.97 Å². The lowest BCUT2D eigenvalue weighted by atomic mass is 10.0. The third-order valence-corrected chi connectivity index (χ3v) is 4.62. The summed E-state index contributed by atoms with van der Waals surface area (Å²) in [6, 6.07) is 1.83. The first-order valence-corrected chi connectivity index (χ1v) is 7.93. The van der Waals surface area contributed by atoms with Gasteiger partial charge in [0.15, 0.2) is 0 Å². The second kappa shape index (κ2) is 7.38. The Hall–Kier alpha value is -1.66. The minimum Gasteiger partial charge on any atom is -0.478 e. The molecule has 2 heterocycles. The summed E-state index contributed by atoms with van der Waals surface area (Å²) in [5.41, 5.74) is 0.920. The molecule has 6 heteroatoms. The highest BCUT2D eigenvalue weighted by atomic mass is 32.1. The molecule has 0 saturated carbocycles. The minimum atomic E-state index is -0.951. The Bertz CT molecular complexity index is 539. The fourth-order valence-electron chi connectivity index (χ4n) is 2.62. The van der Waals surface area contributed by atoms with Crippen molar-refractivity contribution in [3.63, 3.8) is 0 Å². The van der Waals surface area contributed by atoms with E-state index in [1.807, 2.05) is 11.4 Å². The first-order chi connectivity index (χ1) is 10.1. The van der Waals surface area contributed by atoms with Crippen molar-refractivity contribution < 1.29 is 14.7 Å². The van der Waals surface area contributed by atoms with Crippen molar-refractivity contribution in [2.75, 3.05) is 13.6 Å². The summed E-state index contributed by atoms with van der Waals surface area (Å²) in [6.07, 6.45) is 5.82. The molecule has 1 fully saturated rings. The molecule has 1 atom stereocenters. The summed E-state index contributed by atoms with van der Waals surface area (Å²) in [5.74, 6) is -0.887. The molecule has 114 valence electrons. The van der Waals surface area contributed by atoms with E-state index >= 15 is 0 Å². The Labute approximate surface area is 128 Å². The molecule has 2 rings (SSSR count). The number of piperidine rings is 1. The zero-order chi connectivity index (χ0) is 15.2. The third-order valence-electron chi connectivity index (χ3n) is 3.69. The summed E-state index contributed by atoms with van der Waals surface area (Å²) in [5, 5.41) is 13.4. The number of nitrogens with one attached hydrogen (secondary N) is 1. The highest BCUT2D eigenvalue weighted by molar-refractivity contribution is 7.10. The quantitative estimate of drug-likeness (QED) is 0.816. The molecule has 21 heavy (non-hydrogen) atoms. The number of carbonyl (C=O) groups is 2. The first-order valence-electron chi connectivity index (χ1n) is 7.05. The number of carboxylic acids is 1. The zero-order valence-electron chi connectivity index (χ0n) is 12.0. The van der Waals surface area contributed by atoms with Crippen LogP contribution in [0.5, 0.6) is 0 Å². The van der Waals surface area contributed by atoms with Crippen LogP contribution in [0.25, 0.3) is 6.08 Å². The van der Waals surface area contributed by atoms with Crippen LogP contribution in [-0.4, -0.2) is 41.5 Å². The third kappa shape index (κ3) is 4.15. The summed E-state index contributed by atoms with van der Waals surface area (Å²) < 4.78 is 0. The lowest BCUT2D eigenvalue weighted by Crippen LogP contribution is -2.48. The van der Waals surface area contributed by atoms with Crippen molar-refractivity contribution in [3.8, 4) is 0 Å². The first kappa shape index (κ1) is 15.7. The number of likely N-dealkylation sites (N-methyl/N-ethyl adjacent to an activating group) is 1. The second-order valence-electron chi connectivity index (χ2n) is 5.07. The van der Waals surface area contributed by atoms with Crippen molar-refractivity contribution in [2.24, 2.45) is 0 Å². The molecule has 1 aliphatic heterocycles. The van der Waals surface area contributed by atoms with E-state index < -0.39 is 5.97 Å². The molecule has 1 aliphatic rings. The minimum absolute atomic E-state index is 0.0638. The Morgan fingerprint density at radius 2 is 2.33 bits per heavy atom. The summed E-state index contributed by atoms with van der Waals surface area (Å²) >= 11 is 1.60. The number of likely N-dealkylation sites (tertiary alicyclic amines) is 1. The summed E-state index contributed by atoms with van der Waals surface area (Å²) in [4.78, 5) is 25.9. The van der Waals surface area contributed by atoms with E-state index in [1.54, 1.807) is 24.5 Å². The molecule has 0 bridgehead atoms. The molecule has 1 aromatic heterocycles. The molecular weight excluding hydrogens is 288 g/mol. The Morgan fingerprint density at radius 3 is 3.05 bits per heavy atom. The van der Waals surface area contributed by atoms with Crippen molar-refractivity contribution in [1.29, 1.82) is 0 Å². The lowest BCUT2D eigenvalue weighted by Gasteiger charge is -2.34. The number of hydrogen-bond acceptors (Lipinski definition) is 4. The van der Waals surface area contributed by atoms with Gasteiger partial charge in [0.1, 0.15) is 0 Å². The second-order valence-corrected chi connectivity index (χ2v) is 6.07. The van der Waals surface area contributed by atoms with Crippen molar-refractivity contribution in [1.82, 2.24) is 10.2 Å². The van der Waals surface area contributed by atoms with Crippen LogP contribution in [0, 0.1) is 0 Å². The predicted octanol–water partition coefficient (Wildman–Crippen LogP) is 1.95. The highest BCUT2D eigenvalue weighted by Gasteiger charge is 2.28. The van der Waals surface area contributed by atoms with Gasteiger partial charge in [0.05, 0.1) is 6.04 Å². The molecule has 0 radical (unpaired) electrons. The number of nitrogens with zero attached hydrogens (tertiary/aromatic N) is 1. The molecule has 0 spiro atoms. The molecule has 0 aromatic carbocycles. The van der Waals surface area contributed by atoms with Crippen LogP contribution in [-0.2, 0) is 16.1 Å². The van der Waals surface area contributed by atoms with Crippen molar-refractivity contribution >= 4 is 29.3 Å². The van der Waals surface area contributed by atoms with E-state index in [4.69, 9.17) is 5.11 Å². The lowest BCUT2D eigenvalue weighted by molar-refractivity contribution is -0.131. The Kier molecular flexibility index (Phi) is 5.52. The molecular formula is C15H20N2O3S. The molecule has 1 unspecified atom stereocenters. The Morgan fingerprint density at radius 1 is 1.52 bits per heavy atom.